The third kappa shape index (κ3) is 1.54. The summed E-state index contributed by atoms with van der Waals surface area (Å²) in [7, 11) is 0. The Morgan fingerprint density at radius 1 is 1.27 bits per heavy atom. The van der Waals surface area contributed by atoms with E-state index >= 15 is 0 Å². The van der Waals surface area contributed by atoms with Gasteiger partial charge < -0.3 is 10.7 Å². The molecule has 4 nitrogen and oxygen atoms in total. The Morgan fingerprint density at radius 3 is 2.53 bits per heavy atom. The first kappa shape index (κ1) is 9.58. The number of nitrogens with zero attached hydrogens (tertiary/aromatic N) is 1. The molecule has 15 heavy (non-hydrogen) atoms. The highest BCUT2D eigenvalue weighted by molar-refractivity contribution is 5.61. The average Bonchev–Trinajstić information content (AvgIpc) is 2.58. The van der Waals surface area contributed by atoms with E-state index in [0.29, 0.717) is 5.69 Å². The number of rotatable bonds is 1. The number of nitrogens with two attached hydrogens (primary N) is 1. The van der Waals surface area contributed by atoms with Crippen LogP contribution in [0.25, 0.3) is 5.69 Å². The Bertz CT molecular complexity index is 551. The highest BCUT2D eigenvalue weighted by Gasteiger charge is 2.06. The van der Waals surface area contributed by atoms with Gasteiger partial charge in [0.2, 0.25) is 0 Å². The quantitative estimate of drug-likeness (QED) is 0.687. The molecule has 0 radical (unpaired) electrons. The molecule has 0 saturated heterocycles. The number of benzene rings is 1. The standard InChI is InChI=1S/C11H13N3O/c1-7-5-9(12)10(6-8(7)2)14-4-3-13-11(14)15/h3-6H,12H2,1-2H3,(H,13,15). The molecule has 78 valence electrons. The van der Waals surface area contributed by atoms with Crippen molar-refractivity contribution in [2.24, 2.45) is 0 Å². The molecule has 0 fully saturated rings. The maximum absolute atomic E-state index is 11.4. The molecule has 0 saturated carbocycles. The summed E-state index contributed by atoms with van der Waals surface area (Å²) in [6, 6.07) is 3.80. The fourth-order valence-corrected chi connectivity index (χ4v) is 1.54. The molecule has 0 atom stereocenters. The predicted octanol–water partition coefficient (Wildman–Crippen LogP) is 1.36. The Balaban J connectivity index is 2.69. The van der Waals surface area contributed by atoms with Gasteiger partial charge in [0.1, 0.15) is 0 Å². The van der Waals surface area contributed by atoms with E-state index < -0.39 is 0 Å². The summed E-state index contributed by atoms with van der Waals surface area (Å²) < 4.78 is 1.50. The maximum Gasteiger partial charge on any atom is 0.330 e. The summed E-state index contributed by atoms with van der Waals surface area (Å²) in [5.74, 6) is 0. The summed E-state index contributed by atoms with van der Waals surface area (Å²) >= 11 is 0. The smallest absolute Gasteiger partial charge is 0.330 e. The number of aromatic nitrogens is 2. The van der Waals surface area contributed by atoms with Crippen molar-refractivity contribution in [3.63, 3.8) is 0 Å². The van der Waals surface area contributed by atoms with Crippen LogP contribution in [-0.4, -0.2) is 9.55 Å². The second-order valence-corrected chi connectivity index (χ2v) is 3.63. The van der Waals surface area contributed by atoms with E-state index in [1.807, 2.05) is 26.0 Å². The lowest BCUT2D eigenvalue weighted by Gasteiger charge is -2.09. The molecule has 0 aliphatic rings. The summed E-state index contributed by atoms with van der Waals surface area (Å²) in [5.41, 5.74) is 9.28. The molecular weight excluding hydrogens is 190 g/mol. The van der Waals surface area contributed by atoms with E-state index in [2.05, 4.69) is 4.98 Å². The molecular formula is C11H13N3O. The average molecular weight is 203 g/mol. The molecule has 1 heterocycles. The van der Waals surface area contributed by atoms with Crippen LogP contribution in [-0.2, 0) is 0 Å². The molecule has 0 aliphatic carbocycles. The fourth-order valence-electron chi connectivity index (χ4n) is 1.54. The van der Waals surface area contributed by atoms with Crippen LogP contribution < -0.4 is 11.4 Å². The van der Waals surface area contributed by atoms with Crippen LogP contribution in [0.15, 0.2) is 29.3 Å². The predicted molar refractivity (Wildman–Crippen MR) is 60.3 cm³/mol. The molecule has 0 unspecified atom stereocenters. The highest BCUT2D eigenvalue weighted by atomic mass is 16.1. The van der Waals surface area contributed by atoms with Crippen LogP contribution in [0.3, 0.4) is 0 Å². The van der Waals surface area contributed by atoms with Crippen molar-refractivity contribution in [3.8, 4) is 5.69 Å². The molecule has 4 heteroatoms. The minimum Gasteiger partial charge on any atom is -0.397 e. The minimum atomic E-state index is -0.176. The van der Waals surface area contributed by atoms with Crippen molar-refractivity contribution in [2.75, 3.05) is 5.73 Å². The van der Waals surface area contributed by atoms with Gasteiger partial charge in [-0.1, -0.05) is 0 Å². The Morgan fingerprint density at radius 2 is 1.93 bits per heavy atom. The van der Waals surface area contributed by atoms with E-state index in [-0.39, 0.29) is 5.69 Å². The number of anilines is 1. The number of hydrogen-bond acceptors (Lipinski definition) is 2. The van der Waals surface area contributed by atoms with Crippen LogP contribution in [0.5, 0.6) is 0 Å². The lowest BCUT2D eigenvalue weighted by Crippen LogP contribution is -2.15. The molecule has 0 bridgehead atoms. The first-order chi connectivity index (χ1) is 7.09. The SMILES string of the molecule is Cc1cc(N)c(-n2cc[nH]c2=O)cc1C. The molecule has 3 N–H and O–H groups in total. The first-order valence-corrected chi connectivity index (χ1v) is 4.72. The largest absolute Gasteiger partial charge is 0.397 e. The van der Waals surface area contributed by atoms with Crippen LogP contribution >= 0.6 is 0 Å². The minimum absolute atomic E-state index is 0.176. The lowest BCUT2D eigenvalue weighted by atomic mass is 10.1. The van der Waals surface area contributed by atoms with Gasteiger partial charge >= 0.3 is 5.69 Å². The summed E-state index contributed by atoms with van der Waals surface area (Å²) in [6.07, 6.45) is 3.26. The number of nitrogens with one attached hydrogen (secondary N) is 1. The van der Waals surface area contributed by atoms with E-state index in [9.17, 15) is 4.79 Å². The number of aromatic amines is 1. The molecule has 0 amide bonds. The van der Waals surface area contributed by atoms with Crippen LogP contribution in [0.4, 0.5) is 5.69 Å². The zero-order chi connectivity index (χ0) is 11.0. The topological polar surface area (TPSA) is 63.8 Å². The van der Waals surface area contributed by atoms with E-state index in [4.69, 9.17) is 5.73 Å². The second-order valence-electron chi connectivity index (χ2n) is 3.63. The monoisotopic (exact) mass is 203 g/mol. The van der Waals surface area contributed by atoms with Crippen LogP contribution in [0.1, 0.15) is 11.1 Å². The van der Waals surface area contributed by atoms with E-state index in [1.165, 1.54) is 4.57 Å². The summed E-state index contributed by atoms with van der Waals surface area (Å²) in [4.78, 5) is 14.0. The first-order valence-electron chi connectivity index (χ1n) is 4.72. The molecule has 1 aromatic heterocycles. The van der Waals surface area contributed by atoms with Gasteiger partial charge in [-0.3, -0.25) is 4.57 Å². The van der Waals surface area contributed by atoms with Gasteiger partial charge in [0, 0.05) is 12.4 Å². The number of H-pyrrole nitrogens is 1. The van der Waals surface area contributed by atoms with E-state index in [0.717, 1.165) is 16.8 Å². The summed E-state index contributed by atoms with van der Waals surface area (Å²) in [5, 5.41) is 0. The van der Waals surface area contributed by atoms with Crippen molar-refractivity contribution in [1.82, 2.24) is 9.55 Å². The molecule has 0 spiro atoms. The van der Waals surface area contributed by atoms with Gasteiger partial charge in [-0.2, -0.15) is 0 Å². The Hall–Kier alpha value is -1.97. The van der Waals surface area contributed by atoms with Gasteiger partial charge in [-0.15, -0.1) is 0 Å². The maximum atomic E-state index is 11.4. The zero-order valence-corrected chi connectivity index (χ0v) is 8.74. The summed E-state index contributed by atoms with van der Waals surface area (Å²) in [6.45, 7) is 3.99. The van der Waals surface area contributed by atoms with Crippen molar-refractivity contribution < 1.29 is 0 Å². The van der Waals surface area contributed by atoms with E-state index in [1.54, 1.807) is 12.4 Å². The molecule has 1 aromatic carbocycles. The second kappa shape index (κ2) is 3.31. The molecule has 0 aliphatic heterocycles. The Kier molecular flexibility index (Phi) is 2.11. The van der Waals surface area contributed by atoms with Gasteiger partial charge in [0.15, 0.2) is 0 Å². The zero-order valence-electron chi connectivity index (χ0n) is 8.74. The van der Waals surface area contributed by atoms with Gasteiger partial charge in [-0.05, 0) is 37.1 Å². The van der Waals surface area contributed by atoms with Gasteiger partial charge in [0.25, 0.3) is 0 Å². The highest BCUT2D eigenvalue weighted by Crippen LogP contribution is 2.20. The Labute approximate surface area is 87.4 Å². The number of aryl methyl sites for hydroxylation is 2. The number of nitrogen functional groups attached to an aromatic ring is 1. The fraction of sp³-hybridized carbons (Fsp3) is 0.182. The van der Waals surface area contributed by atoms with Crippen LogP contribution in [0.2, 0.25) is 0 Å². The van der Waals surface area contributed by atoms with Crippen molar-refractivity contribution in [3.05, 3.63) is 46.1 Å². The van der Waals surface area contributed by atoms with Crippen molar-refractivity contribution >= 4 is 5.69 Å². The van der Waals surface area contributed by atoms with Crippen molar-refractivity contribution in [2.45, 2.75) is 13.8 Å². The normalized spacial score (nSPS) is 10.5. The van der Waals surface area contributed by atoms with Crippen molar-refractivity contribution in [1.29, 1.82) is 0 Å². The van der Waals surface area contributed by atoms with Gasteiger partial charge in [0.05, 0.1) is 11.4 Å². The number of hydrogen-bond donors (Lipinski definition) is 2. The number of imidazole rings is 1. The third-order valence-corrected chi connectivity index (χ3v) is 2.55. The lowest BCUT2D eigenvalue weighted by molar-refractivity contribution is 0.986. The van der Waals surface area contributed by atoms with Crippen LogP contribution in [0, 0.1) is 13.8 Å². The third-order valence-electron chi connectivity index (χ3n) is 2.55. The molecule has 2 rings (SSSR count). The van der Waals surface area contributed by atoms with Gasteiger partial charge in [-0.25, -0.2) is 4.79 Å². The molecule has 2 aromatic rings.